The van der Waals surface area contributed by atoms with E-state index in [1.54, 1.807) is 29.2 Å². The fourth-order valence-corrected chi connectivity index (χ4v) is 2.98. The summed E-state index contributed by atoms with van der Waals surface area (Å²) in [5.41, 5.74) is 0.696. The van der Waals surface area contributed by atoms with Crippen LogP contribution in [0.5, 0.6) is 5.75 Å². The molecule has 142 valence electrons. The van der Waals surface area contributed by atoms with Crippen LogP contribution in [0.2, 0.25) is 0 Å². The first kappa shape index (κ1) is 19.8. The highest BCUT2D eigenvalue weighted by molar-refractivity contribution is 7.61. The van der Waals surface area contributed by atoms with Crippen LogP contribution in [0.4, 0.5) is 4.79 Å². The van der Waals surface area contributed by atoms with Crippen molar-refractivity contribution in [3.05, 3.63) is 29.8 Å². The van der Waals surface area contributed by atoms with Gasteiger partial charge >= 0.3 is 16.5 Å². The fraction of sp³-hybridized carbons (Fsp3) is 0.467. The van der Waals surface area contributed by atoms with Gasteiger partial charge in [-0.1, -0.05) is 12.1 Å². The van der Waals surface area contributed by atoms with Gasteiger partial charge in [0, 0.05) is 13.6 Å². The van der Waals surface area contributed by atoms with Crippen molar-refractivity contribution >= 4 is 22.4 Å². The number of morpholine rings is 1. The first-order chi connectivity index (χ1) is 12.4. The molecule has 2 atom stereocenters. The Labute approximate surface area is 152 Å². The Morgan fingerprint density at radius 2 is 2.04 bits per heavy atom. The molecule has 11 heteroatoms. The Kier molecular flexibility index (Phi) is 7.06. The molecule has 26 heavy (non-hydrogen) atoms. The van der Waals surface area contributed by atoms with Gasteiger partial charge in [-0.15, -0.1) is 4.36 Å². The summed E-state index contributed by atoms with van der Waals surface area (Å²) in [4.78, 5) is 24.8. The Morgan fingerprint density at radius 3 is 2.62 bits per heavy atom. The maximum Gasteiger partial charge on any atom is 0.321 e. The van der Waals surface area contributed by atoms with Crippen molar-refractivity contribution < 1.29 is 27.5 Å². The highest BCUT2D eigenvalue weighted by atomic mass is 32.2. The van der Waals surface area contributed by atoms with Gasteiger partial charge in [0.15, 0.2) is 6.17 Å². The maximum absolute atomic E-state index is 12.0. The lowest BCUT2D eigenvalue weighted by atomic mass is 10.0. The number of hydrogen-bond donors (Lipinski definition) is 2. The summed E-state index contributed by atoms with van der Waals surface area (Å²) in [5.74, 6) is 0.0730. The van der Waals surface area contributed by atoms with Gasteiger partial charge in [0.2, 0.25) is 5.91 Å². The molecule has 1 aromatic rings. The van der Waals surface area contributed by atoms with Crippen molar-refractivity contribution in [2.75, 3.05) is 33.9 Å². The maximum atomic E-state index is 12.0. The number of carbonyl (C=O) groups is 2. The molecule has 0 saturated carbocycles. The second-order valence-electron chi connectivity index (χ2n) is 5.40. The average molecular weight is 384 g/mol. The van der Waals surface area contributed by atoms with Crippen LogP contribution in [-0.2, 0) is 20.0 Å². The minimum atomic E-state index is -2.69. The molecule has 10 nitrogen and oxygen atoms in total. The molecule has 2 N–H and O–H groups in total. The molecule has 2 unspecified atom stereocenters. The third-order valence-corrected chi connectivity index (χ3v) is 4.17. The first-order valence-corrected chi connectivity index (χ1v) is 8.79. The number of hydrogen-bond acceptors (Lipinski definition) is 8. The number of benzene rings is 1. The molecule has 1 aliphatic heterocycles. The van der Waals surface area contributed by atoms with Gasteiger partial charge in [0.25, 0.3) is 0 Å². The van der Waals surface area contributed by atoms with E-state index in [9.17, 15) is 18.0 Å². The SMILES string of the molecule is CNC(=O)NC(=O)CN1CCOC(c2ccc(OC)cc2)C1N=S(=O)=O. The van der Waals surface area contributed by atoms with Crippen LogP contribution in [-0.4, -0.2) is 65.3 Å². The second kappa shape index (κ2) is 9.27. The molecule has 1 heterocycles. The second-order valence-corrected chi connectivity index (χ2v) is 6.04. The number of carbonyl (C=O) groups excluding carboxylic acids is 2. The van der Waals surface area contributed by atoms with Crippen LogP contribution < -0.4 is 15.4 Å². The molecule has 0 spiro atoms. The van der Waals surface area contributed by atoms with Crippen molar-refractivity contribution in [2.24, 2.45) is 4.36 Å². The summed E-state index contributed by atoms with van der Waals surface area (Å²) >= 11 is 0. The zero-order valence-corrected chi connectivity index (χ0v) is 15.2. The highest BCUT2D eigenvalue weighted by Gasteiger charge is 2.35. The van der Waals surface area contributed by atoms with Crippen LogP contribution in [0.25, 0.3) is 0 Å². The lowest BCUT2D eigenvalue weighted by molar-refractivity contribution is -0.126. The van der Waals surface area contributed by atoms with Crippen LogP contribution in [0.1, 0.15) is 11.7 Å². The summed E-state index contributed by atoms with van der Waals surface area (Å²) < 4.78 is 36.8. The predicted molar refractivity (Wildman–Crippen MR) is 91.0 cm³/mol. The summed E-state index contributed by atoms with van der Waals surface area (Å²) in [6.45, 7) is 0.370. The van der Waals surface area contributed by atoms with E-state index in [1.165, 1.54) is 14.2 Å². The monoisotopic (exact) mass is 384 g/mol. The third-order valence-electron chi connectivity index (χ3n) is 3.79. The van der Waals surface area contributed by atoms with Gasteiger partial charge in [-0.3, -0.25) is 15.0 Å². The highest BCUT2D eigenvalue weighted by Crippen LogP contribution is 2.30. The van der Waals surface area contributed by atoms with E-state index in [1.807, 2.05) is 0 Å². The van der Waals surface area contributed by atoms with E-state index >= 15 is 0 Å². The summed E-state index contributed by atoms with van der Waals surface area (Å²) in [6, 6.07) is 6.29. The average Bonchev–Trinajstić information content (AvgIpc) is 2.62. The number of urea groups is 1. The van der Waals surface area contributed by atoms with Crippen molar-refractivity contribution in [1.82, 2.24) is 15.5 Å². The molecule has 0 radical (unpaired) electrons. The normalized spacial score (nSPS) is 20.1. The molecule has 1 saturated heterocycles. The number of ether oxygens (including phenoxy) is 2. The van der Waals surface area contributed by atoms with E-state index in [-0.39, 0.29) is 13.2 Å². The van der Waals surface area contributed by atoms with Crippen molar-refractivity contribution in [1.29, 1.82) is 0 Å². The minimum Gasteiger partial charge on any atom is -0.497 e. The number of methoxy groups -OCH3 is 1. The molecule has 1 fully saturated rings. The van der Waals surface area contributed by atoms with E-state index in [0.29, 0.717) is 17.9 Å². The van der Waals surface area contributed by atoms with Gasteiger partial charge < -0.3 is 14.8 Å². The third kappa shape index (κ3) is 5.25. The molecule has 1 aromatic carbocycles. The molecule has 0 bridgehead atoms. The topological polar surface area (TPSA) is 126 Å². The van der Waals surface area contributed by atoms with Gasteiger partial charge in [0.1, 0.15) is 11.9 Å². The van der Waals surface area contributed by atoms with E-state index < -0.39 is 34.7 Å². The van der Waals surface area contributed by atoms with Gasteiger partial charge in [-0.2, -0.15) is 8.42 Å². The zero-order chi connectivity index (χ0) is 19.1. The summed E-state index contributed by atoms with van der Waals surface area (Å²) in [7, 11) is 0.230. The van der Waals surface area contributed by atoms with Crippen LogP contribution in [0, 0.1) is 0 Å². The Bertz CT molecular complexity index is 772. The molecule has 1 aliphatic rings. The van der Waals surface area contributed by atoms with Crippen LogP contribution in [0.15, 0.2) is 28.6 Å². The number of nitrogens with zero attached hydrogens (tertiary/aromatic N) is 2. The molecule has 0 aromatic heterocycles. The van der Waals surface area contributed by atoms with E-state index in [4.69, 9.17) is 9.47 Å². The lowest BCUT2D eigenvalue weighted by Crippen LogP contribution is -2.51. The standard InChI is InChI=1S/C15H20N4O6S/c1-16-15(21)17-12(20)9-19-7-8-25-13(14(19)18-26(22)23)10-3-5-11(24-2)6-4-10/h3-6,13-14H,7-9H2,1-2H3,(H2,16,17,20,21). The van der Waals surface area contributed by atoms with Gasteiger partial charge in [0.05, 0.1) is 20.3 Å². The van der Waals surface area contributed by atoms with Crippen molar-refractivity contribution in [3.63, 3.8) is 0 Å². The predicted octanol–water partition coefficient (Wildman–Crippen LogP) is -0.0871. The largest absolute Gasteiger partial charge is 0.497 e. The van der Waals surface area contributed by atoms with Gasteiger partial charge in [-0.25, -0.2) is 4.79 Å². The summed E-state index contributed by atoms with van der Waals surface area (Å²) in [6.07, 6.45) is -1.61. The van der Waals surface area contributed by atoms with Crippen LogP contribution >= 0.6 is 0 Å². The Hall–Kier alpha value is -2.50. The molecule has 3 amide bonds. The fourth-order valence-electron chi connectivity index (χ4n) is 2.56. The molecule has 0 aliphatic carbocycles. The number of nitrogens with one attached hydrogen (secondary N) is 2. The molecule has 2 rings (SSSR count). The Balaban J connectivity index is 2.23. The quantitative estimate of drug-likeness (QED) is 0.726. The van der Waals surface area contributed by atoms with Crippen molar-refractivity contribution in [2.45, 2.75) is 12.3 Å². The number of rotatable bonds is 5. The van der Waals surface area contributed by atoms with Gasteiger partial charge in [-0.05, 0) is 17.7 Å². The summed E-state index contributed by atoms with van der Waals surface area (Å²) in [5, 5.41) is 4.41. The smallest absolute Gasteiger partial charge is 0.321 e. The number of amides is 3. The zero-order valence-electron chi connectivity index (χ0n) is 14.3. The molecular weight excluding hydrogens is 364 g/mol. The Morgan fingerprint density at radius 1 is 1.35 bits per heavy atom. The number of imide groups is 1. The minimum absolute atomic E-state index is 0.200. The van der Waals surface area contributed by atoms with Crippen molar-refractivity contribution in [3.8, 4) is 5.75 Å². The van der Waals surface area contributed by atoms with E-state index in [2.05, 4.69) is 15.0 Å². The molecular formula is C15H20N4O6S. The van der Waals surface area contributed by atoms with Crippen LogP contribution in [0.3, 0.4) is 0 Å². The lowest BCUT2D eigenvalue weighted by Gasteiger charge is -2.37. The van der Waals surface area contributed by atoms with E-state index in [0.717, 1.165) is 0 Å². The first-order valence-electron chi connectivity index (χ1n) is 7.76.